The molecule has 0 aliphatic heterocycles. The van der Waals surface area contributed by atoms with Crippen molar-refractivity contribution in [1.29, 1.82) is 0 Å². The van der Waals surface area contributed by atoms with Crippen LogP contribution < -0.4 is 14.9 Å². The van der Waals surface area contributed by atoms with Gasteiger partial charge in [-0.3, -0.25) is 4.79 Å². The molecule has 2 N–H and O–H groups in total. The fourth-order valence-electron chi connectivity index (χ4n) is 4.99. The van der Waals surface area contributed by atoms with E-state index in [1.807, 2.05) is 39.8 Å². The Labute approximate surface area is 258 Å². The molecule has 3 aromatic rings. The van der Waals surface area contributed by atoms with Crippen molar-refractivity contribution in [2.45, 2.75) is 99.0 Å². The standard InChI is InChI=1S/C35H47BrO6/c1-6-7-8-11-18-40-28-20-31-33(34(38)26(28)16-14-24(4)5)35(39)32-25(15-13-23(2)3)27(22-37)29(21-30(32)42-31)41-19-12-9-10-17-36/h13-14,20-21,37-38H,6-12,15-19,22H2,1-5H3. The number of fused-ring (bicyclic) bond motifs is 2. The highest BCUT2D eigenvalue weighted by atomic mass is 79.9. The van der Waals surface area contributed by atoms with Gasteiger partial charge in [0.25, 0.3) is 0 Å². The van der Waals surface area contributed by atoms with Crippen molar-refractivity contribution >= 4 is 37.9 Å². The highest BCUT2D eigenvalue weighted by Crippen LogP contribution is 2.39. The maximum absolute atomic E-state index is 14.2. The summed E-state index contributed by atoms with van der Waals surface area (Å²) >= 11 is 3.46. The zero-order valence-corrected chi connectivity index (χ0v) is 27.5. The zero-order valence-electron chi connectivity index (χ0n) is 25.9. The SMILES string of the molecule is CCCCCCOc1cc2oc3cc(OCCCCCBr)c(CO)c(CC=C(C)C)c3c(=O)c2c(O)c1CC=C(C)C. The number of benzene rings is 2. The van der Waals surface area contributed by atoms with Crippen molar-refractivity contribution in [2.75, 3.05) is 18.5 Å². The molecule has 7 heteroatoms. The summed E-state index contributed by atoms with van der Waals surface area (Å²) < 4.78 is 18.7. The highest BCUT2D eigenvalue weighted by Gasteiger charge is 2.23. The van der Waals surface area contributed by atoms with Gasteiger partial charge in [0.1, 0.15) is 33.8 Å². The van der Waals surface area contributed by atoms with Gasteiger partial charge in [-0.25, -0.2) is 0 Å². The van der Waals surface area contributed by atoms with Crippen LogP contribution in [-0.2, 0) is 19.4 Å². The molecule has 3 rings (SSSR count). The fraction of sp³-hybridized carbons (Fsp3) is 0.514. The molecule has 0 saturated heterocycles. The molecule has 0 bridgehead atoms. The number of aromatic hydroxyl groups is 1. The quantitative estimate of drug-likeness (QED) is 0.0661. The Bertz CT molecular complexity index is 1460. The summed E-state index contributed by atoms with van der Waals surface area (Å²) in [5.74, 6) is 0.923. The minimum Gasteiger partial charge on any atom is -0.507 e. The van der Waals surface area contributed by atoms with E-state index in [0.29, 0.717) is 65.2 Å². The average molecular weight is 644 g/mol. The number of aliphatic hydroxyl groups excluding tert-OH is 1. The molecular weight excluding hydrogens is 596 g/mol. The fourth-order valence-corrected chi connectivity index (χ4v) is 5.39. The first-order valence-corrected chi connectivity index (χ1v) is 16.3. The van der Waals surface area contributed by atoms with E-state index in [9.17, 15) is 15.0 Å². The summed E-state index contributed by atoms with van der Waals surface area (Å²) in [4.78, 5) is 14.2. The van der Waals surface area contributed by atoms with Crippen LogP contribution in [-0.4, -0.2) is 28.8 Å². The third-order valence-corrected chi connectivity index (χ3v) is 7.91. The van der Waals surface area contributed by atoms with E-state index in [2.05, 4.69) is 22.9 Å². The predicted molar refractivity (Wildman–Crippen MR) is 177 cm³/mol. The molecule has 0 atom stereocenters. The predicted octanol–water partition coefficient (Wildman–Crippen LogP) is 9.06. The molecule has 42 heavy (non-hydrogen) atoms. The van der Waals surface area contributed by atoms with E-state index in [1.165, 1.54) is 0 Å². The second-order valence-corrected chi connectivity index (χ2v) is 12.1. The van der Waals surface area contributed by atoms with Gasteiger partial charge >= 0.3 is 0 Å². The van der Waals surface area contributed by atoms with E-state index in [1.54, 1.807) is 12.1 Å². The molecular formula is C35H47BrO6. The van der Waals surface area contributed by atoms with Crippen LogP contribution in [0.1, 0.15) is 96.3 Å². The van der Waals surface area contributed by atoms with Crippen LogP contribution in [0.4, 0.5) is 0 Å². The number of phenolic OH excluding ortho intramolecular Hbond substituents is 1. The summed E-state index contributed by atoms with van der Waals surface area (Å²) in [6, 6.07) is 3.44. The van der Waals surface area contributed by atoms with Gasteiger partial charge in [0.05, 0.1) is 25.2 Å². The first kappa shape index (κ1) is 33.7. The number of phenols is 1. The molecule has 0 saturated carbocycles. The molecule has 0 spiro atoms. The van der Waals surface area contributed by atoms with Crippen LogP contribution >= 0.6 is 15.9 Å². The van der Waals surface area contributed by atoms with Gasteiger partial charge in [0.2, 0.25) is 5.43 Å². The van der Waals surface area contributed by atoms with Crippen LogP contribution in [0.2, 0.25) is 0 Å². The maximum atomic E-state index is 14.2. The van der Waals surface area contributed by atoms with E-state index in [0.717, 1.165) is 61.4 Å². The molecule has 0 unspecified atom stereocenters. The number of aliphatic hydroxyl groups is 1. The third-order valence-electron chi connectivity index (χ3n) is 7.35. The van der Waals surface area contributed by atoms with Gasteiger partial charge in [-0.15, -0.1) is 0 Å². The number of halogens is 1. The molecule has 1 heterocycles. The number of rotatable bonds is 17. The monoisotopic (exact) mass is 642 g/mol. The van der Waals surface area contributed by atoms with E-state index in [-0.39, 0.29) is 28.8 Å². The normalized spacial score (nSPS) is 11.2. The minimum atomic E-state index is -0.326. The Hall–Kier alpha value is -2.77. The molecule has 0 fully saturated rings. The largest absolute Gasteiger partial charge is 0.507 e. The first-order chi connectivity index (χ1) is 20.2. The maximum Gasteiger partial charge on any atom is 0.204 e. The average Bonchev–Trinajstić information content (AvgIpc) is 2.94. The molecule has 0 aliphatic rings. The van der Waals surface area contributed by atoms with E-state index >= 15 is 0 Å². The molecule has 0 radical (unpaired) electrons. The second-order valence-electron chi connectivity index (χ2n) is 11.3. The second kappa shape index (κ2) is 16.8. The van der Waals surface area contributed by atoms with Crippen molar-refractivity contribution in [2.24, 2.45) is 0 Å². The summed E-state index contributed by atoms with van der Waals surface area (Å²) in [5.41, 5.74) is 4.30. The van der Waals surface area contributed by atoms with Crippen molar-refractivity contribution in [3.63, 3.8) is 0 Å². The van der Waals surface area contributed by atoms with Gasteiger partial charge < -0.3 is 24.1 Å². The molecule has 1 aromatic heterocycles. The molecule has 0 amide bonds. The van der Waals surface area contributed by atoms with Crippen LogP contribution in [0.5, 0.6) is 17.2 Å². The zero-order chi connectivity index (χ0) is 30.6. The lowest BCUT2D eigenvalue weighted by molar-refractivity contribution is 0.259. The molecule has 0 aliphatic carbocycles. The first-order valence-electron chi connectivity index (χ1n) is 15.2. The molecule has 230 valence electrons. The van der Waals surface area contributed by atoms with Gasteiger partial charge in [-0.1, -0.05) is 65.4 Å². The van der Waals surface area contributed by atoms with Gasteiger partial charge in [0, 0.05) is 28.6 Å². The van der Waals surface area contributed by atoms with Gasteiger partial charge in [0.15, 0.2) is 0 Å². The lowest BCUT2D eigenvalue weighted by atomic mass is 9.95. The van der Waals surface area contributed by atoms with E-state index in [4.69, 9.17) is 13.9 Å². The number of alkyl halides is 1. The smallest absolute Gasteiger partial charge is 0.204 e. The summed E-state index contributed by atoms with van der Waals surface area (Å²) in [7, 11) is 0. The summed E-state index contributed by atoms with van der Waals surface area (Å²) in [6.07, 6.45) is 12.1. The topological polar surface area (TPSA) is 89.1 Å². The Balaban J connectivity index is 2.24. The lowest BCUT2D eigenvalue weighted by Gasteiger charge is -2.18. The van der Waals surface area contributed by atoms with E-state index < -0.39 is 0 Å². The number of hydrogen-bond donors (Lipinski definition) is 2. The van der Waals surface area contributed by atoms with Crippen molar-refractivity contribution in [1.82, 2.24) is 0 Å². The highest BCUT2D eigenvalue weighted by molar-refractivity contribution is 9.09. The number of ether oxygens (including phenoxy) is 2. The minimum absolute atomic E-state index is 0.116. The number of hydrogen-bond acceptors (Lipinski definition) is 6. The van der Waals surface area contributed by atoms with Crippen LogP contribution in [0.3, 0.4) is 0 Å². The summed E-state index contributed by atoms with van der Waals surface area (Å²) in [5, 5.41) is 23.4. The van der Waals surface area contributed by atoms with Crippen LogP contribution in [0, 0.1) is 0 Å². The van der Waals surface area contributed by atoms with Gasteiger partial charge in [-0.05, 0) is 71.8 Å². The third kappa shape index (κ3) is 8.63. The van der Waals surface area contributed by atoms with Crippen molar-refractivity contribution < 1.29 is 24.1 Å². The van der Waals surface area contributed by atoms with Crippen molar-refractivity contribution in [3.05, 3.63) is 62.3 Å². The van der Waals surface area contributed by atoms with Crippen LogP contribution in [0.25, 0.3) is 21.9 Å². The molecule has 6 nitrogen and oxygen atoms in total. The lowest BCUT2D eigenvalue weighted by Crippen LogP contribution is -2.11. The van der Waals surface area contributed by atoms with Crippen LogP contribution in [0.15, 0.2) is 44.6 Å². The van der Waals surface area contributed by atoms with Crippen molar-refractivity contribution in [3.8, 4) is 17.2 Å². The molecule has 2 aromatic carbocycles. The summed E-state index contributed by atoms with van der Waals surface area (Å²) in [6.45, 7) is 10.9. The Morgan fingerprint density at radius 1 is 0.810 bits per heavy atom. The number of unbranched alkanes of at least 4 members (excludes halogenated alkanes) is 5. The Kier molecular flexibility index (Phi) is 13.5. The van der Waals surface area contributed by atoms with Gasteiger partial charge in [-0.2, -0.15) is 0 Å². The Morgan fingerprint density at radius 3 is 1.90 bits per heavy atom. The number of allylic oxidation sites excluding steroid dienone is 4. The Morgan fingerprint density at radius 2 is 1.36 bits per heavy atom.